The molecular weight excluding hydrogens is 208 g/mol. The first-order valence-corrected chi connectivity index (χ1v) is 6.78. The molecule has 0 saturated carbocycles. The highest BCUT2D eigenvalue weighted by Gasteiger charge is 2.19. The van der Waals surface area contributed by atoms with Crippen LogP contribution in [0.3, 0.4) is 0 Å². The topological polar surface area (TPSA) is 15.6 Å². The van der Waals surface area contributed by atoms with Crippen LogP contribution >= 0.6 is 0 Å². The molecule has 1 atom stereocenters. The van der Waals surface area contributed by atoms with E-state index in [9.17, 15) is 0 Å². The van der Waals surface area contributed by atoms with E-state index >= 15 is 0 Å². The number of rotatable bonds is 5. The van der Waals surface area contributed by atoms with Gasteiger partial charge in [-0.3, -0.25) is 5.01 Å². The zero-order valence-corrected chi connectivity index (χ0v) is 11.9. The van der Waals surface area contributed by atoms with Crippen LogP contribution in [0.15, 0.2) is 28.4 Å². The van der Waals surface area contributed by atoms with Gasteiger partial charge in [0.15, 0.2) is 0 Å². The Balaban J connectivity index is 2.92. The summed E-state index contributed by atoms with van der Waals surface area (Å²) >= 11 is 0. The van der Waals surface area contributed by atoms with Crippen LogP contribution in [0.4, 0.5) is 0 Å². The third-order valence-electron chi connectivity index (χ3n) is 3.18. The summed E-state index contributed by atoms with van der Waals surface area (Å²) in [5, 5.41) is 6.56. The van der Waals surface area contributed by atoms with Crippen LogP contribution in [0.1, 0.15) is 47.0 Å². The lowest BCUT2D eigenvalue weighted by molar-refractivity contribution is 0.240. The first kappa shape index (κ1) is 14.0. The van der Waals surface area contributed by atoms with E-state index < -0.39 is 0 Å². The molecule has 0 N–H and O–H groups in total. The van der Waals surface area contributed by atoms with Crippen molar-refractivity contribution in [2.75, 3.05) is 7.05 Å². The quantitative estimate of drug-likeness (QED) is 0.702. The van der Waals surface area contributed by atoms with Gasteiger partial charge in [0.05, 0.1) is 12.3 Å². The number of allylic oxidation sites excluding steroid dienone is 3. The van der Waals surface area contributed by atoms with Crippen molar-refractivity contribution in [2.45, 2.75) is 53.0 Å². The fourth-order valence-corrected chi connectivity index (χ4v) is 2.26. The molecule has 1 heterocycles. The molecule has 1 rings (SSSR count). The van der Waals surface area contributed by atoms with Crippen LogP contribution in [-0.4, -0.2) is 24.3 Å². The van der Waals surface area contributed by atoms with E-state index in [-0.39, 0.29) is 0 Å². The molecule has 96 valence electrons. The second-order valence-electron chi connectivity index (χ2n) is 5.06. The first-order valence-electron chi connectivity index (χ1n) is 6.78. The molecule has 0 aromatic heterocycles. The molecule has 0 saturated heterocycles. The lowest BCUT2D eigenvalue weighted by atomic mass is 9.94. The zero-order valence-electron chi connectivity index (χ0n) is 11.9. The van der Waals surface area contributed by atoms with Gasteiger partial charge < -0.3 is 0 Å². The predicted molar refractivity (Wildman–Crippen MR) is 76.2 cm³/mol. The summed E-state index contributed by atoms with van der Waals surface area (Å²) in [5.74, 6) is 0.594. The number of nitrogens with zero attached hydrogens (tertiary/aromatic N) is 2. The molecule has 1 unspecified atom stereocenters. The minimum atomic E-state index is 0.423. The smallest absolute Gasteiger partial charge is 0.0679 e. The van der Waals surface area contributed by atoms with Gasteiger partial charge in [-0.25, -0.2) is 0 Å². The summed E-state index contributed by atoms with van der Waals surface area (Å²) in [6.07, 6.45) is 10.2. The van der Waals surface area contributed by atoms with Gasteiger partial charge >= 0.3 is 0 Å². The largest absolute Gasteiger partial charge is 0.293 e. The van der Waals surface area contributed by atoms with E-state index in [1.165, 1.54) is 17.6 Å². The first-order chi connectivity index (χ1) is 8.10. The number of hydrogen-bond acceptors (Lipinski definition) is 2. The van der Waals surface area contributed by atoms with E-state index in [2.05, 4.69) is 57.0 Å². The average Bonchev–Trinajstić information content (AvgIpc) is 2.29. The molecule has 0 bridgehead atoms. The van der Waals surface area contributed by atoms with Crippen LogP contribution in [0.2, 0.25) is 0 Å². The number of hydrogen-bond donors (Lipinski definition) is 0. The van der Waals surface area contributed by atoms with Crippen molar-refractivity contribution in [1.29, 1.82) is 0 Å². The second kappa shape index (κ2) is 6.63. The van der Waals surface area contributed by atoms with Gasteiger partial charge in [0.1, 0.15) is 0 Å². The van der Waals surface area contributed by atoms with Gasteiger partial charge in [-0.2, -0.15) is 5.10 Å². The number of likely N-dealkylation sites (N-methyl/N-ethyl adjacent to an activating group) is 1. The van der Waals surface area contributed by atoms with Crippen molar-refractivity contribution in [3.05, 3.63) is 23.3 Å². The molecule has 2 nitrogen and oxygen atoms in total. The molecule has 0 spiro atoms. The lowest BCUT2D eigenvalue weighted by Crippen LogP contribution is -2.33. The van der Waals surface area contributed by atoms with Crippen molar-refractivity contribution < 1.29 is 0 Å². The second-order valence-corrected chi connectivity index (χ2v) is 5.06. The standard InChI is InChI=1S/C15H26N2/c1-6-8-13(9-7-2)14-10-15(12(3)4)17(5)16-11-14/h8,10-12,15H,6-7,9H2,1-5H3/b13-8+. The van der Waals surface area contributed by atoms with E-state index in [1.54, 1.807) is 0 Å². The molecule has 1 aliphatic heterocycles. The maximum atomic E-state index is 4.50. The van der Waals surface area contributed by atoms with Crippen LogP contribution in [0.5, 0.6) is 0 Å². The van der Waals surface area contributed by atoms with Crippen molar-refractivity contribution in [1.82, 2.24) is 5.01 Å². The fourth-order valence-electron chi connectivity index (χ4n) is 2.26. The monoisotopic (exact) mass is 234 g/mol. The molecule has 1 aliphatic rings. The summed E-state index contributed by atoms with van der Waals surface area (Å²) in [6.45, 7) is 8.93. The number of hydrazone groups is 1. The molecule has 2 heteroatoms. The van der Waals surface area contributed by atoms with Crippen LogP contribution in [-0.2, 0) is 0 Å². The third kappa shape index (κ3) is 3.72. The Morgan fingerprint density at radius 3 is 2.71 bits per heavy atom. The highest BCUT2D eigenvalue weighted by molar-refractivity contribution is 5.85. The summed E-state index contributed by atoms with van der Waals surface area (Å²) in [5.41, 5.74) is 2.78. The zero-order chi connectivity index (χ0) is 12.8. The molecule has 0 radical (unpaired) electrons. The minimum Gasteiger partial charge on any atom is -0.293 e. The molecule has 0 amide bonds. The van der Waals surface area contributed by atoms with Gasteiger partial charge in [0.2, 0.25) is 0 Å². The van der Waals surface area contributed by atoms with Crippen LogP contribution in [0, 0.1) is 5.92 Å². The molecular formula is C15H26N2. The Hall–Kier alpha value is -1.05. The Kier molecular flexibility index (Phi) is 5.46. The highest BCUT2D eigenvalue weighted by atomic mass is 15.5. The predicted octanol–water partition coefficient (Wildman–Crippen LogP) is 4.01. The SMILES string of the molecule is CC/C=C(\CCC)C1=CC(C(C)C)N(C)N=C1. The van der Waals surface area contributed by atoms with E-state index in [1.807, 2.05) is 6.21 Å². The Morgan fingerprint density at radius 2 is 2.18 bits per heavy atom. The maximum Gasteiger partial charge on any atom is 0.0679 e. The molecule has 0 aliphatic carbocycles. The fraction of sp³-hybridized carbons (Fsp3) is 0.667. The Labute approximate surface area is 106 Å². The van der Waals surface area contributed by atoms with Crippen molar-refractivity contribution in [3.63, 3.8) is 0 Å². The molecule has 0 aromatic rings. The highest BCUT2D eigenvalue weighted by Crippen LogP contribution is 2.23. The summed E-state index contributed by atoms with van der Waals surface area (Å²) in [7, 11) is 2.05. The van der Waals surface area contributed by atoms with Gasteiger partial charge in [-0.1, -0.05) is 46.3 Å². The summed E-state index contributed by atoms with van der Waals surface area (Å²) < 4.78 is 0. The third-order valence-corrected chi connectivity index (χ3v) is 3.18. The van der Waals surface area contributed by atoms with Crippen molar-refractivity contribution in [2.24, 2.45) is 11.0 Å². The van der Waals surface area contributed by atoms with E-state index in [0.717, 1.165) is 12.8 Å². The van der Waals surface area contributed by atoms with Gasteiger partial charge in [0.25, 0.3) is 0 Å². The average molecular weight is 234 g/mol. The van der Waals surface area contributed by atoms with Crippen LogP contribution < -0.4 is 0 Å². The minimum absolute atomic E-state index is 0.423. The summed E-state index contributed by atoms with van der Waals surface area (Å²) in [4.78, 5) is 0. The van der Waals surface area contributed by atoms with Gasteiger partial charge in [0, 0.05) is 7.05 Å². The maximum absolute atomic E-state index is 4.50. The van der Waals surface area contributed by atoms with Gasteiger partial charge in [-0.15, -0.1) is 0 Å². The lowest BCUT2D eigenvalue weighted by Gasteiger charge is -2.30. The molecule has 0 aromatic carbocycles. The normalized spacial score (nSPS) is 21.1. The van der Waals surface area contributed by atoms with E-state index in [4.69, 9.17) is 0 Å². The molecule has 0 fully saturated rings. The Bertz CT molecular complexity index is 324. The summed E-state index contributed by atoms with van der Waals surface area (Å²) in [6, 6.07) is 0.423. The van der Waals surface area contributed by atoms with Crippen molar-refractivity contribution >= 4 is 6.21 Å². The molecule has 17 heavy (non-hydrogen) atoms. The van der Waals surface area contributed by atoms with E-state index in [0.29, 0.717) is 12.0 Å². The van der Waals surface area contributed by atoms with Crippen LogP contribution in [0.25, 0.3) is 0 Å². The Morgan fingerprint density at radius 1 is 1.47 bits per heavy atom. The van der Waals surface area contributed by atoms with Crippen molar-refractivity contribution in [3.8, 4) is 0 Å². The van der Waals surface area contributed by atoms with Gasteiger partial charge in [-0.05, 0) is 29.9 Å².